The summed E-state index contributed by atoms with van der Waals surface area (Å²) >= 11 is 1.90. The Morgan fingerprint density at radius 1 is 1.11 bits per heavy atom. The van der Waals surface area contributed by atoms with Crippen LogP contribution < -0.4 is 5.73 Å². The lowest BCUT2D eigenvalue weighted by molar-refractivity contribution is 0.537. The SMILES string of the molecule is Cc1ccc(F)c(C(N)c2ccc(F)cc2I)c1F. The maximum atomic E-state index is 14.0. The molecule has 0 radical (unpaired) electrons. The minimum atomic E-state index is -0.965. The van der Waals surface area contributed by atoms with E-state index in [-0.39, 0.29) is 5.56 Å². The molecule has 1 atom stereocenters. The molecule has 0 aliphatic heterocycles. The molecule has 0 aliphatic rings. The zero-order chi connectivity index (χ0) is 14.2. The van der Waals surface area contributed by atoms with Gasteiger partial charge in [-0.05, 0) is 58.8 Å². The number of nitrogens with two attached hydrogens (primary N) is 1. The molecule has 0 spiro atoms. The first-order valence-corrected chi connectivity index (χ1v) is 6.64. The van der Waals surface area contributed by atoms with Gasteiger partial charge in [0.2, 0.25) is 0 Å². The maximum absolute atomic E-state index is 14.0. The van der Waals surface area contributed by atoms with Crippen molar-refractivity contribution >= 4 is 22.6 Å². The van der Waals surface area contributed by atoms with Gasteiger partial charge in [0.1, 0.15) is 17.5 Å². The zero-order valence-corrected chi connectivity index (χ0v) is 12.2. The molecule has 0 aromatic heterocycles. The Morgan fingerprint density at radius 3 is 2.42 bits per heavy atom. The molecule has 1 nitrogen and oxygen atoms in total. The van der Waals surface area contributed by atoms with Crippen molar-refractivity contribution in [3.05, 3.63) is 68.0 Å². The van der Waals surface area contributed by atoms with Gasteiger partial charge in [0.25, 0.3) is 0 Å². The first kappa shape index (κ1) is 14.3. The molecule has 1 unspecified atom stereocenters. The highest BCUT2D eigenvalue weighted by Gasteiger charge is 2.21. The van der Waals surface area contributed by atoms with Gasteiger partial charge in [-0.1, -0.05) is 12.1 Å². The van der Waals surface area contributed by atoms with Gasteiger partial charge < -0.3 is 5.73 Å². The topological polar surface area (TPSA) is 26.0 Å². The lowest BCUT2D eigenvalue weighted by atomic mass is 9.97. The van der Waals surface area contributed by atoms with E-state index in [4.69, 9.17) is 5.73 Å². The van der Waals surface area contributed by atoms with Crippen LogP contribution in [0.5, 0.6) is 0 Å². The molecule has 2 aromatic carbocycles. The highest BCUT2D eigenvalue weighted by atomic mass is 127. The van der Waals surface area contributed by atoms with Gasteiger partial charge in [0.15, 0.2) is 0 Å². The number of hydrogen-bond acceptors (Lipinski definition) is 1. The molecular formula is C14H11F3IN. The van der Waals surface area contributed by atoms with Gasteiger partial charge in [-0.2, -0.15) is 0 Å². The summed E-state index contributed by atoms with van der Waals surface area (Å²) in [7, 11) is 0. The van der Waals surface area contributed by atoms with E-state index in [1.165, 1.54) is 30.3 Å². The van der Waals surface area contributed by atoms with E-state index in [0.717, 1.165) is 0 Å². The molecule has 0 fully saturated rings. The Labute approximate surface area is 122 Å². The summed E-state index contributed by atoms with van der Waals surface area (Å²) in [6, 6.07) is 5.53. The Balaban J connectivity index is 2.56. The quantitative estimate of drug-likeness (QED) is 0.785. The smallest absolute Gasteiger partial charge is 0.134 e. The summed E-state index contributed by atoms with van der Waals surface area (Å²) in [5.41, 5.74) is 6.55. The van der Waals surface area contributed by atoms with Crippen LogP contribution in [0.4, 0.5) is 13.2 Å². The highest BCUT2D eigenvalue weighted by molar-refractivity contribution is 14.1. The Bertz CT molecular complexity index is 628. The summed E-state index contributed by atoms with van der Waals surface area (Å²) < 4.78 is 41.4. The summed E-state index contributed by atoms with van der Waals surface area (Å²) in [4.78, 5) is 0. The summed E-state index contributed by atoms with van der Waals surface area (Å²) in [5, 5.41) is 0. The monoisotopic (exact) mass is 377 g/mol. The van der Waals surface area contributed by atoms with Crippen molar-refractivity contribution in [2.24, 2.45) is 5.73 Å². The standard InChI is InChI=1S/C14H11F3IN/c1-7-2-5-10(16)12(13(7)17)14(19)9-4-3-8(15)6-11(9)18/h2-6,14H,19H2,1H3. The maximum Gasteiger partial charge on any atom is 0.134 e. The first-order valence-electron chi connectivity index (χ1n) is 5.57. The predicted octanol–water partition coefficient (Wildman–Crippen LogP) is 4.07. The number of hydrogen-bond donors (Lipinski definition) is 1. The number of aryl methyl sites for hydroxylation is 1. The third-order valence-electron chi connectivity index (χ3n) is 2.93. The van der Waals surface area contributed by atoms with Crippen LogP contribution in [0.25, 0.3) is 0 Å². The van der Waals surface area contributed by atoms with E-state index in [1.54, 1.807) is 6.92 Å². The Kier molecular flexibility index (Phi) is 4.15. The van der Waals surface area contributed by atoms with Crippen LogP contribution in [0.1, 0.15) is 22.7 Å². The number of benzene rings is 2. The van der Waals surface area contributed by atoms with Crippen LogP contribution in [0.2, 0.25) is 0 Å². The third kappa shape index (κ3) is 2.76. The van der Waals surface area contributed by atoms with Gasteiger partial charge in [-0.15, -0.1) is 0 Å². The van der Waals surface area contributed by atoms with E-state index in [9.17, 15) is 13.2 Å². The summed E-state index contributed by atoms with van der Waals surface area (Å²) in [6.45, 7) is 1.54. The molecule has 0 amide bonds. The van der Waals surface area contributed by atoms with Crippen molar-refractivity contribution in [3.8, 4) is 0 Å². The molecule has 19 heavy (non-hydrogen) atoms. The number of rotatable bonds is 2. The van der Waals surface area contributed by atoms with Crippen LogP contribution in [-0.2, 0) is 0 Å². The molecular weight excluding hydrogens is 366 g/mol. The normalized spacial score (nSPS) is 12.5. The van der Waals surface area contributed by atoms with Crippen LogP contribution in [0, 0.1) is 27.9 Å². The molecule has 0 saturated carbocycles. The molecule has 0 aliphatic carbocycles. The Hall–Kier alpha value is -1.08. The van der Waals surface area contributed by atoms with Gasteiger partial charge in [0, 0.05) is 9.13 Å². The summed E-state index contributed by atoms with van der Waals surface area (Å²) in [5.74, 6) is -1.77. The van der Waals surface area contributed by atoms with E-state index in [2.05, 4.69) is 0 Å². The van der Waals surface area contributed by atoms with Crippen LogP contribution in [-0.4, -0.2) is 0 Å². The first-order chi connectivity index (χ1) is 8.91. The fourth-order valence-corrected chi connectivity index (χ4v) is 2.69. The van der Waals surface area contributed by atoms with Crippen molar-refractivity contribution in [2.75, 3.05) is 0 Å². The van der Waals surface area contributed by atoms with Crippen molar-refractivity contribution in [3.63, 3.8) is 0 Å². The molecule has 2 rings (SSSR count). The predicted molar refractivity (Wildman–Crippen MR) is 76.2 cm³/mol. The van der Waals surface area contributed by atoms with Crippen LogP contribution in [0.15, 0.2) is 30.3 Å². The second-order valence-electron chi connectivity index (χ2n) is 4.24. The van der Waals surface area contributed by atoms with E-state index in [1.807, 2.05) is 22.6 Å². The van der Waals surface area contributed by atoms with Crippen molar-refractivity contribution in [1.82, 2.24) is 0 Å². The van der Waals surface area contributed by atoms with E-state index < -0.39 is 23.5 Å². The average Bonchev–Trinajstić information content (AvgIpc) is 2.34. The number of halogens is 4. The fourth-order valence-electron chi connectivity index (χ4n) is 1.87. The second kappa shape index (κ2) is 5.50. The Morgan fingerprint density at radius 2 is 1.79 bits per heavy atom. The average molecular weight is 377 g/mol. The van der Waals surface area contributed by atoms with Gasteiger partial charge in [0.05, 0.1) is 6.04 Å². The molecule has 5 heteroatoms. The molecule has 2 aromatic rings. The molecule has 0 heterocycles. The van der Waals surface area contributed by atoms with E-state index in [0.29, 0.717) is 14.7 Å². The lowest BCUT2D eigenvalue weighted by Crippen LogP contribution is -2.17. The highest BCUT2D eigenvalue weighted by Crippen LogP contribution is 2.29. The van der Waals surface area contributed by atoms with Gasteiger partial charge in [-0.25, -0.2) is 13.2 Å². The largest absolute Gasteiger partial charge is 0.320 e. The molecule has 2 N–H and O–H groups in total. The van der Waals surface area contributed by atoms with Gasteiger partial charge in [-0.3, -0.25) is 0 Å². The lowest BCUT2D eigenvalue weighted by Gasteiger charge is -2.17. The second-order valence-corrected chi connectivity index (χ2v) is 5.40. The molecule has 0 bridgehead atoms. The van der Waals surface area contributed by atoms with Crippen molar-refractivity contribution in [1.29, 1.82) is 0 Å². The van der Waals surface area contributed by atoms with Crippen LogP contribution >= 0.6 is 22.6 Å². The minimum absolute atomic E-state index is 0.190. The van der Waals surface area contributed by atoms with Gasteiger partial charge >= 0.3 is 0 Å². The van der Waals surface area contributed by atoms with Crippen molar-refractivity contribution in [2.45, 2.75) is 13.0 Å². The minimum Gasteiger partial charge on any atom is -0.320 e. The van der Waals surface area contributed by atoms with Crippen LogP contribution in [0.3, 0.4) is 0 Å². The van der Waals surface area contributed by atoms with E-state index >= 15 is 0 Å². The molecule has 0 saturated heterocycles. The zero-order valence-electron chi connectivity index (χ0n) is 10.1. The third-order valence-corrected chi connectivity index (χ3v) is 3.86. The fraction of sp³-hybridized carbons (Fsp3) is 0.143. The molecule has 100 valence electrons. The summed E-state index contributed by atoms with van der Waals surface area (Å²) in [6.07, 6.45) is 0. The van der Waals surface area contributed by atoms with Crippen molar-refractivity contribution < 1.29 is 13.2 Å².